The lowest BCUT2D eigenvalue weighted by atomic mass is 10.3. The Bertz CT molecular complexity index is 653. The molecule has 0 unspecified atom stereocenters. The number of fused-ring (bicyclic) bond motifs is 1. The Morgan fingerprint density at radius 3 is 2.95 bits per heavy atom. The summed E-state index contributed by atoms with van der Waals surface area (Å²) < 4.78 is 10.5. The Balaban J connectivity index is 1.85. The summed E-state index contributed by atoms with van der Waals surface area (Å²) in [4.78, 5) is 15.4. The molecule has 0 fully saturated rings. The molecule has 1 aliphatic heterocycles. The number of rotatable bonds is 3. The molecule has 0 aliphatic carbocycles. The lowest BCUT2D eigenvalue weighted by molar-refractivity contribution is 0.0701. The molecule has 19 heavy (non-hydrogen) atoms. The van der Waals surface area contributed by atoms with Crippen LogP contribution in [-0.4, -0.2) is 22.9 Å². The van der Waals surface area contributed by atoms with Gasteiger partial charge in [-0.2, -0.15) is 0 Å². The predicted octanol–water partition coefficient (Wildman–Crippen LogP) is 2.62. The third-order valence-electron chi connectivity index (χ3n) is 2.61. The van der Waals surface area contributed by atoms with Crippen LogP contribution >= 0.6 is 11.3 Å². The molecule has 0 spiro atoms. The number of benzene rings is 1. The summed E-state index contributed by atoms with van der Waals surface area (Å²) in [5.74, 6) is 0.401. The van der Waals surface area contributed by atoms with E-state index in [9.17, 15) is 4.79 Å². The number of hydrogen-bond acceptors (Lipinski definition) is 6. The standard InChI is InChI=1S/C12H10N2O4S/c1-6-10(11(15)16)19-12(13-6)14-7-2-3-8-9(4-7)18-5-17-8/h2-4H,5H2,1H3,(H,13,14)(H,15,16). The van der Waals surface area contributed by atoms with Crippen LogP contribution in [-0.2, 0) is 0 Å². The molecular formula is C12H10N2O4S. The molecule has 98 valence electrons. The number of nitrogens with one attached hydrogen (secondary N) is 1. The van der Waals surface area contributed by atoms with Gasteiger partial charge in [0.1, 0.15) is 4.88 Å². The first-order chi connectivity index (χ1) is 9.13. The van der Waals surface area contributed by atoms with Crippen molar-refractivity contribution in [2.75, 3.05) is 12.1 Å². The van der Waals surface area contributed by atoms with Gasteiger partial charge in [0.15, 0.2) is 16.6 Å². The second-order valence-corrected chi connectivity index (χ2v) is 4.93. The summed E-state index contributed by atoms with van der Waals surface area (Å²) in [6.07, 6.45) is 0. The monoisotopic (exact) mass is 278 g/mol. The fourth-order valence-electron chi connectivity index (χ4n) is 1.75. The van der Waals surface area contributed by atoms with Gasteiger partial charge in [0.25, 0.3) is 0 Å². The third kappa shape index (κ3) is 2.19. The average Bonchev–Trinajstić information content (AvgIpc) is 2.95. The van der Waals surface area contributed by atoms with Crippen molar-refractivity contribution in [3.63, 3.8) is 0 Å². The van der Waals surface area contributed by atoms with Crippen molar-refractivity contribution < 1.29 is 19.4 Å². The lowest BCUT2D eigenvalue weighted by Crippen LogP contribution is -1.94. The van der Waals surface area contributed by atoms with Gasteiger partial charge in [-0.1, -0.05) is 11.3 Å². The van der Waals surface area contributed by atoms with E-state index in [-0.39, 0.29) is 11.7 Å². The molecule has 2 aromatic rings. The summed E-state index contributed by atoms with van der Waals surface area (Å²) in [6.45, 7) is 1.89. The zero-order valence-electron chi connectivity index (χ0n) is 9.97. The van der Waals surface area contributed by atoms with Gasteiger partial charge in [0.2, 0.25) is 6.79 Å². The van der Waals surface area contributed by atoms with E-state index in [4.69, 9.17) is 14.6 Å². The van der Waals surface area contributed by atoms with E-state index in [1.165, 1.54) is 0 Å². The Hall–Kier alpha value is -2.28. The minimum atomic E-state index is -0.964. The second kappa shape index (κ2) is 4.43. The van der Waals surface area contributed by atoms with Crippen molar-refractivity contribution in [2.45, 2.75) is 6.92 Å². The van der Waals surface area contributed by atoms with Crippen molar-refractivity contribution >= 4 is 28.1 Å². The molecule has 7 heteroatoms. The molecule has 0 saturated carbocycles. The molecule has 2 N–H and O–H groups in total. The number of aromatic carboxylic acids is 1. The first-order valence-electron chi connectivity index (χ1n) is 5.51. The number of carboxylic acids is 1. The molecule has 6 nitrogen and oxygen atoms in total. The van der Waals surface area contributed by atoms with Crippen molar-refractivity contribution in [3.05, 3.63) is 28.8 Å². The van der Waals surface area contributed by atoms with Crippen LogP contribution in [0.3, 0.4) is 0 Å². The molecule has 0 saturated heterocycles. The molecule has 0 bridgehead atoms. The van der Waals surface area contributed by atoms with Gasteiger partial charge in [0, 0.05) is 11.8 Å². The highest BCUT2D eigenvalue weighted by atomic mass is 32.1. The van der Waals surface area contributed by atoms with Crippen LogP contribution in [0.4, 0.5) is 10.8 Å². The Kier molecular flexibility index (Phi) is 2.75. The fraction of sp³-hybridized carbons (Fsp3) is 0.167. The van der Waals surface area contributed by atoms with E-state index in [0.29, 0.717) is 22.3 Å². The lowest BCUT2D eigenvalue weighted by Gasteiger charge is -2.03. The highest BCUT2D eigenvalue weighted by Gasteiger charge is 2.16. The number of carbonyl (C=O) groups is 1. The molecule has 0 radical (unpaired) electrons. The minimum absolute atomic E-state index is 0.221. The summed E-state index contributed by atoms with van der Waals surface area (Å²) >= 11 is 1.10. The van der Waals surface area contributed by atoms with Crippen LogP contribution in [0.15, 0.2) is 18.2 Å². The average molecular weight is 278 g/mol. The maximum atomic E-state index is 10.9. The molecule has 1 aromatic heterocycles. The van der Waals surface area contributed by atoms with Crippen LogP contribution in [0.2, 0.25) is 0 Å². The largest absolute Gasteiger partial charge is 0.477 e. The van der Waals surface area contributed by atoms with Crippen LogP contribution in [0.25, 0.3) is 0 Å². The number of hydrogen-bond donors (Lipinski definition) is 2. The molecule has 2 heterocycles. The van der Waals surface area contributed by atoms with Gasteiger partial charge >= 0.3 is 5.97 Å². The van der Waals surface area contributed by atoms with Crippen LogP contribution in [0.5, 0.6) is 11.5 Å². The van der Waals surface area contributed by atoms with E-state index >= 15 is 0 Å². The molecule has 0 amide bonds. The fourth-order valence-corrected chi connectivity index (χ4v) is 2.57. The summed E-state index contributed by atoms with van der Waals surface area (Å²) in [5, 5.41) is 12.6. The van der Waals surface area contributed by atoms with Crippen molar-refractivity contribution in [3.8, 4) is 11.5 Å². The topological polar surface area (TPSA) is 80.7 Å². The molecule has 3 rings (SSSR count). The highest BCUT2D eigenvalue weighted by molar-refractivity contribution is 7.17. The highest BCUT2D eigenvalue weighted by Crippen LogP contribution is 2.35. The first-order valence-corrected chi connectivity index (χ1v) is 6.32. The van der Waals surface area contributed by atoms with Gasteiger partial charge in [-0.25, -0.2) is 9.78 Å². The number of aromatic nitrogens is 1. The van der Waals surface area contributed by atoms with E-state index in [1.54, 1.807) is 19.1 Å². The molecule has 1 aliphatic rings. The third-order valence-corrected chi connectivity index (χ3v) is 3.68. The van der Waals surface area contributed by atoms with Crippen LogP contribution in [0, 0.1) is 6.92 Å². The van der Waals surface area contributed by atoms with E-state index in [0.717, 1.165) is 17.0 Å². The number of thiazole rings is 1. The Labute approximate surface area is 112 Å². The first kappa shape index (κ1) is 11.8. The predicted molar refractivity (Wildman–Crippen MR) is 69.7 cm³/mol. The number of ether oxygens (including phenoxy) is 2. The van der Waals surface area contributed by atoms with Gasteiger partial charge in [-0.3, -0.25) is 0 Å². The normalized spacial score (nSPS) is 12.5. The number of carboxylic acid groups (broad SMARTS) is 1. The van der Waals surface area contributed by atoms with Crippen molar-refractivity contribution in [1.29, 1.82) is 0 Å². The molecular weight excluding hydrogens is 268 g/mol. The van der Waals surface area contributed by atoms with Crippen LogP contribution < -0.4 is 14.8 Å². The zero-order valence-corrected chi connectivity index (χ0v) is 10.8. The summed E-state index contributed by atoms with van der Waals surface area (Å²) in [6, 6.07) is 5.41. The van der Waals surface area contributed by atoms with Gasteiger partial charge in [-0.05, 0) is 19.1 Å². The smallest absolute Gasteiger partial charge is 0.347 e. The van der Waals surface area contributed by atoms with Crippen molar-refractivity contribution in [2.24, 2.45) is 0 Å². The molecule has 1 aromatic carbocycles. The van der Waals surface area contributed by atoms with Crippen LogP contribution in [0.1, 0.15) is 15.4 Å². The zero-order chi connectivity index (χ0) is 13.4. The SMILES string of the molecule is Cc1nc(Nc2ccc3c(c2)OCO3)sc1C(=O)O. The van der Waals surface area contributed by atoms with E-state index in [2.05, 4.69) is 10.3 Å². The quantitative estimate of drug-likeness (QED) is 0.898. The second-order valence-electron chi connectivity index (χ2n) is 3.93. The molecule has 0 atom stereocenters. The minimum Gasteiger partial charge on any atom is -0.477 e. The van der Waals surface area contributed by atoms with Crippen molar-refractivity contribution in [1.82, 2.24) is 4.98 Å². The Morgan fingerprint density at radius 1 is 1.42 bits per heavy atom. The van der Waals surface area contributed by atoms with E-state index < -0.39 is 5.97 Å². The maximum absolute atomic E-state index is 10.9. The van der Waals surface area contributed by atoms with E-state index in [1.807, 2.05) is 6.07 Å². The number of anilines is 2. The summed E-state index contributed by atoms with van der Waals surface area (Å²) in [5.41, 5.74) is 1.27. The number of aryl methyl sites for hydroxylation is 1. The van der Waals surface area contributed by atoms with Gasteiger partial charge in [0.05, 0.1) is 5.69 Å². The Morgan fingerprint density at radius 2 is 2.21 bits per heavy atom. The maximum Gasteiger partial charge on any atom is 0.347 e. The van der Waals surface area contributed by atoms with Gasteiger partial charge in [-0.15, -0.1) is 0 Å². The number of nitrogens with zero attached hydrogens (tertiary/aromatic N) is 1. The van der Waals surface area contributed by atoms with Gasteiger partial charge < -0.3 is 19.9 Å². The summed E-state index contributed by atoms with van der Waals surface area (Å²) in [7, 11) is 0.